The highest BCUT2D eigenvalue weighted by molar-refractivity contribution is 4.71. The quantitative estimate of drug-likeness (QED) is 0.797. The summed E-state index contributed by atoms with van der Waals surface area (Å²) >= 11 is 0. The molecule has 0 spiro atoms. The average molecular weight is 316 g/mol. The number of nitrogens with zero attached hydrogens (tertiary/aromatic N) is 3. The lowest BCUT2D eigenvalue weighted by molar-refractivity contribution is 0.0427. The van der Waals surface area contributed by atoms with E-state index in [2.05, 4.69) is 42.5 Å². The SMILES string of the molecule is CC.CC(C)N1CCN(C)CC1.CCN1CCC(OC)CC1. The van der Waals surface area contributed by atoms with Gasteiger partial charge in [-0.05, 0) is 40.3 Å². The van der Waals surface area contributed by atoms with Crippen molar-refractivity contribution < 1.29 is 4.74 Å². The molecule has 2 rings (SSSR count). The van der Waals surface area contributed by atoms with Crippen LogP contribution in [-0.2, 0) is 4.74 Å². The summed E-state index contributed by atoms with van der Waals surface area (Å²) in [5.41, 5.74) is 0. The van der Waals surface area contributed by atoms with Crippen LogP contribution < -0.4 is 0 Å². The minimum atomic E-state index is 0.530. The maximum absolute atomic E-state index is 5.26. The highest BCUT2D eigenvalue weighted by Gasteiger charge is 2.16. The largest absolute Gasteiger partial charge is 0.381 e. The molecule has 0 N–H and O–H groups in total. The normalized spacial score (nSPS) is 21.8. The van der Waals surface area contributed by atoms with E-state index in [-0.39, 0.29) is 0 Å². The molecule has 4 nitrogen and oxygen atoms in total. The van der Waals surface area contributed by atoms with Crippen LogP contribution in [0.15, 0.2) is 0 Å². The van der Waals surface area contributed by atoms with Gasteiger partial charge in [0.25, 0.3) is 0 Å². The summed E-state index contributed by atoms with van der Waals surface area (Å²) in [5.74, 6) is 0. The number of piperazine rings is 1. The first-order valence-electron chi connectivity index (χ1n) is 9.24. The van der Waals surface area contributed by atoms with E-state index in [9.17, 15) is 0 Å². The third kappa shape index (κ3) is 9.09. The van der Waals surface area contributed by atoms with Crippen LogP contribution in [0.2, 0.25) is 0 Å². The molecule has 0 aromatic rings. The zero-order valence-electron chi connectivity index (χ0n) is 16.3. The highest BCUT2D eigenvalue weighted by Crippen LogP contribution is 2.11. The Morgan fingerprint density at radius 2 is 1.45 bits per heavy atom. The topological polar surface area (TPSA) is 19.0 Å². The fourth-order valence-electron chi connectivity index (χ4n) is 2.80. The molecule has 0 aromatic carbocycles. The van der Waals surface area contributed by atoms with E-state index in [0.717, 1.165) is 6.04 Å². The Bertz CT molecular complexity index is 220. The van der Waals surface area contributed by atoms with Crippen molar-refractivity contribution in [3.05, 3.63) is 0 Å². The number of rotatable bonds is 3. The second kappa shape index (κ2) is 13.3. The highest BCUT2D eigenvalue weighted by atomic mass is 16.5. The van der Waals surface area contributed by atoms with Crippen molar-refractivity contribution in [1.29, 1.82) is 0 Å². The van der Waals surface area contributed by atoms with E-state index in [1.807, 2.05) is 21.0 Å². The van der Waals surface area contributed by atoms with Gasteiger partial charge >= 0.3 is 0 Å². The van der Waals surface area contributed by atoms with Crippen LogP contribution in [0, 0.1) is 0 Å². The molecule has 2 saturated heterocycles. The Labute approximate surface area is 139 Å². The van der Waals surface area contributed by atoms with Gasteiger partial charge in [-0.15, -0.1) is 0 Å². The third-order valence-corrected chi connectivity index (χ3v) is 4.58. The van der Waals surface area contributed by atoms with Crippen molar-refractivity contribution in [3.63, 3.8) is 0 Å². The van der Waals surface area contributed by atoms with Crippen molar-refractivity contribution >= 4 is 0 Å². The number of hydrogen-bond acceptors (Lipinski definition) is 4. The van der Waals surface area contributed by atoms with Gasteiger partial charge < -0.3 is 14.5 Å². The zero-order valence-corrected chi connectivity index (χ0v) is 16.3. The van der Waals surface area contributed by atoms with Gasteiger partial charge in [-0.3, -0.25) is 4.90 Å². The van der Waals surface area contributed by atoms with E-state index >= 15 is 0 Å². The number of piperidine rings is 1. The standard InChI is InChI=1S/C8H18N2.C8H17NO.C2H6/c1-8(2)10-6-4-9(3)5-7-10;1-3-9-6-4-8(10-2)5-7-9;1-2/h8H,4-7H2,1-3H3;8H,3-7H2,1-2H3;1-2H3. The molecule has 0 amide bonds. The number of likely N-dealkylation sites (N-methyl/N-ethyl adjacent to an activating group) is 1. The third-order valence-electron chi connectivity index (χ3n) is 4.58. The van der Waals surface area contributed by atoms with Gasteiger partial charge in [0.05, 0.1) is 6.10 Å². The van der Waals surface area contributed by atoms with Gasteiger partial charge in [-0.1, -0.05) is 20.8 Å². The molecule has 0 aromatic heterocycles. The summed E-state index contributed by atoms with van der Waals surface area (Å²) in [7, 11) is 4.00. The lowest BCUT2D eigenvalue weighted by Crippen LogP contribution is -2.47. The van der Waals surface area contributed by atoms with E-state index < -0.39 is 0 Å². The van der Waals surface area contributed by atoms with Crippen molar-refractivity contribution in [3.8, 4) is 0 Å². The molecule has 22 heavy (non-hydrogen) atoms. The molecule has 2 aliphatic rings. The van der Waals surface area contributed by atoms with Gasteiger partial charge in [0.15, 0.2) is 0 Å². The first-order chi connectivity index (χ1) is 10.6. The van der Waals surface area contributed by atoms with Crippen LogP contribution >= 0.6 is 0 Å². The summed E-state index contributed by atoms with van der Waals surface area (Å²) in [6, 6.07) is 0.730. The summed E-state index contributed by atoms with van der Waals surface area (Å²) in [6.45, 7) is 19.3. The minimum absolute atomic E-state index is 0.530. The van der Waals surface area contributed by atoms with E-state index in [1.165, 1.54) is 58.7 Å². The number of methoxy groups -OCH3 is 1. The summed E-state index contributed by atoms with van der Waals surface area (Å²) < 4.78 is 5.26. The van der Waals surface area contributed by atoms with Crippen LogP contribution in [0.25, 0.3) is 0 Å². The van der Waals surface area contributed by atoms with Gasteiger partial charge in [0, 0.05) is 52.4 Å². The summed E-state index contributed by atoms with van der Waals surface area (Å²) in [5, 5.41) is 0. The first kappa shape index (κ1) is 21.8. The van der Waals surface area contributed by atoms with Crippen LogP contribution in [-0.4, -0.2) is 86.8 Å². The van der Waals surface area contributed by atoms with Gasteiger partial charge in [0.1, 0.15) is 0 Å². The predicted octanol–water partition coefficient (Wildman–Crippen LogP) is 2.79. The minimum Gasteiger partial charge on any atom is -0.381 e. The lowest BCUT2D eigenvalue weighted by Gasteiger charge is -2.34. The van der Waals surface area contributed by atoms with Crippen molar-refractivity contribution in [2.75, 3.05) is 60.0 Å². The molecule has 0 aliphatic carbocycles. The van der Waals surface area contributed by atoms with E-state index in [1.54, 1.807) is 0 Å². The van der Waals surface area contributed by atoms with Crippen LogP contribution in [0.4, 0.5) is 0 Å². The van der Waals surface area contributed by atoms with Gasteiger partial charge in [0.2, 0.25) is 0 Å². The Morgan fingerprint density at radius 3 is 1.82 bits per heavy atom. The molecule has 2 aliphatic heterocycles. The molecule has 0 unspecified atom stereocenters. The maximum Gasteiger partial charge on any atom is 0.0595 e. The molecule has 0 saturated carbocycles. The second-order valence-corrected chi connectivity index (χ2v) is 6.30. The van der Waals surface area contributed by atoms with Crippen LogP contribution in [0.3, 0.4) is 0 Å². The fraction of sp³-hybridized carbons (Fsp3) is 1.00. The molecule has 0 radical (unpaired) electrons. The smallest absolute Gasteiger partial charge is 0.0595 e. The van der Waals surface area contributed by atoms with Crippen molar-refractivity contribution in [2.45, 2.75) is 59.6 Å². The predicted molar refractivity (Wildman–Crippen MR) is 97.7 cm³/mol. The Hall–Kier alpha value is -0.160. The monoisotopic (exact) mass is 315 g/mol. The van der Waals surface area contributed by atoms with E-state index in [4.69, 9.17) is 4.74 Å². The molecular formula is C18H41N3O. The first-order valence-corrected chi connectivity index (χ1v) is 9.24. The summed E-state index contributed by atoms with van der Waals surface area (Å²) in [4.78, 5) is 7.38. The Morgan fingerprint density at radius 1 is 0.955 bits per heavy atom. The molecule has 0 bridgehead atoms. The summed E-state index contributed by atoms with van der Waals surface area (Å²) in [6.07, 6.45) is 2.96. The molecule has 134 valence electrons. The molecule has 4 heteroatoms. The number of ether oxygens (including phenoxy) is 1. The number of likely N-dealkylation sites (tertiary alicyclic amines) is 1. The average Bonchev–Trinajstić information content (AvgIpc) is 2.57. The van der Waals surface area contributed by atoms with Crippen molar-refractivity contribution in [2.24, 2.45) is 0 Å². The Balaban J connectivity index is 0.000000360. The molecule has 2 fully saturated rings. The van der Waals surface area contributed by atoms with Gasteiger partial charge in [-0.2, -0.15) is 0 Å². The number of hydrogen-bond donors (Lipinski definition) is 0. The maximum atomic E-state index is 5.26. The van der Waals surface area contributed by atoms with Crippen molar-refractivity contribution in [1.82, 2.24) is 14.7 Å². The van der Waals surface area contributed by atoms with E-state index in [0.29, 0.717) is 6.10 Å². The molecule has 2 heterocycles. The molecular weight excluding hydrogens is 274 g/mol. The van der Waals surface area contributed by atoms with Gasteiger partial charge in [-0.25, -0.2) is 0 Å². The Kier molecular flexibility index (Phi) is 13.2. The molecule has 0 atom stereocenters. The van der Waals surface area contributed by atoms with Crippen LogP contribution in [0.5, 0.6) is 0 Å². The second-order valence-electron chi connectivity index (χ2n) is 6.30. The van der Waals surface area contributed by atoms with Crippen LogP contribution in [0.1, 0.15) is 47.5 Å². The fourth-order valence-corrected chi connectivity index (χ4v) is 2.80. The zero-order chi connectivity index (χ0) is 17.0. The lowest BCUT2D eigenvalue weighted by atomic mass is 10.1.